The zero-order valence-corrected chi connectivity index (χ0v) is 7.86. The van der Waals surface area contributed by atoms with Gasteiger partial charge in [0.05, 0.1) is 0 Å². The Morgan fingerprint density at radius 1 is 1.60 bits per heavy atom. The lowest BCUT2D eigenvalue weighted by atomic mass is 10.2. The van der Waals surface area contributed by atoms with E-state index in [-0.39, 0.29) is 6.61 Å². The number of halogens is 1. The van der Waals surface area contributed by atoms with Crippen molar-refractivity contribution in [3.05, 3.63) is 0 Å². The first-order valence-corrected chi connectivity index (χ1v) is 5.23. The zero-order chi connectivity index (χ0) is 7.98. The highest BCUT2D eigenvalue weighted by molar-refractivity contribution is 9.09. The monoisotopic (exact) mass is 229 g/mol. The van der Waals surface area contributed by atoms with Crippen molar-refractivity contribution < 1.29 is 13.9 Å². The predicted octanol–water partition coefficient (Wildman–Crippen LogP) is 0.402. The van der Waals surface area contributed by atoms with Gasteiger partial charge in [0.2, 0.25) is 0 Å². The van der Waals surface area contributed by atoms with Gasteiger partial charge in [0.1, 0.15) is 0 Å². The van der Waals surface area contributed by atoms with Crippen LogP contribution in [-0.4, -0.2) is 31.1 Å². The average molecular weight is 230 g/mol. The van der Waals surface area contributed by atoms with E-state index in [4.69, 9.17) is 5.11 Å². The van der Waals surface area contributed by atoms with Crippen LogP contribution in [0.5, 0.6) is 0 Å². The normalized spacial score (nSPS) is 16.7. The SMILES string of the molecule is O=S([O-])C(CCO)CCBr. The van der Waals surface area contributed by atoms with E-state index in [1.54, 1.807) is 0 Å². The molecule has 0 aliphatic rings. The first-order chi connectivity index (χ1) is 4.72. The van der Waals surface area contributed by atoms with Gasteiger partial charge in [-0.2, -0.15) is 0 Å². The van der Waals surface area contributed by atoms with Crippen LogP contribution < -0.4 is 0 Å². The van der Waals surface area contributed by atoms with E-state index in [0.717, 1.165) is 0 Å². The van der Waals surface area contributed by atoms with Gasteiger partial charge in [0, 0.05) is 17.2 Å². The molecule has 0 fully saturated rings. The fraction of sp³-hybridized carbons (Fsp3) is 1.00. The van der Waals surface area contributed by atoms with Crippen LogP contribution in [0.2, 0.25) is 0 Å². The Kier molecular flexibility index (Phi) is 6.62. The lowest BCUT2D eigenvalue weighted by molar-refractivity contribution is 0.283. The quantitative estimate of drug-likeness (QED) is 0.549. The molecule has 0 aromatic heterocycles. The average Bonchev–Trinajstić information content (AvgIpc) is 1.87. The van der Waals surface area contributed by atoms with Gasteiger partial charge in [-0.1, -0.05) is 27.0 Å². The third-order valence-electron chi connectivity index (χ3n) is 1.15. The fourth-order valence-corrected chi connectivity index (χ4v) is 2.07. The molecule has 0 saturated heterocycles. The largest absolute Gasteiger partial charge is 0.772 e. The minimum absolute atomic E-state index is 0.0638. The molecule has 0 aromatic carbocycles. The van der Waals surface area contributed by atoms with Crippen molar-refractivity contribution in [1.82, 2.24) is 0 Å². The highest BCUT2D eigenvalue weighted by atomic mass is 79.9. The molecule has 0 rings (SSSR count). The second-order valence-electron chi connectivity index (χ2n) is 1.87. The molecule has 0 bridgehead atoms. The van der Waals surface area contributed by atoms with Gasteiger partial charge >= 0.3 is 0 Å². The highest BCUT2D eigenvalue weighted by Gasteiger charge is 2.06. The molecule has 3 nitrogen and oxygen atoms in total. The van der Waals surface area contributed by atoms with E-state index in [0.29, 0.717) is 18.2 Å². The van der Waals surface area contributed by atoms with E-state index < -0.39 is 16.3 Å². The summed E-state index contributed by atoms with van der Waals surface area (Å²) < 4.78 is 20.7. The van der Waals surface area contributed by atoms with Gasteiger partial charge in [-0.15, -0.1) is 0 Å². The molecule has 2 atom stereocenters. The second kappa shape index (κ2) is 6.27. The molecule has 0 aliphatic carbocycles. The molecule has 1 N–H and O–H groups in total. The molecule has 0 saturated carbocycles. The van der Waals surface area contributed by atoms with Crippen molar-refractivity contribution in [1.29, 1.82) is 0 Å². The third-order valence-corrected chi connectivity index (χ3v) is 2.63. The van der Waals surface area contributed by atoms with E-state index in [1.807, 2.05) is 0 Å². The molecule has 2 unspecified atom stereocenters. The van der Waals surface area contributed by atoms with E-state index in [1.165, 1.54) is 0 Å². The summed E-state index contributed by atoms with van der Waals surface area (Å²) in [6.07, 6.45) is 0.901. The summed E-state index contributed by atoms with van der Waals surface area (Å²) in [4.78, 5) is 0. The summed E-state index contributed by atoms with van der Waals surface area (Å²) in [5.41, 5.74) is 0. The maximum absolute atomic E-state index is 10.3. The van der Waals surface area contributed by atoms with E-state index >= 15 is 0 Å². The van der Waals surface area contributed by atoms with Gasteiger partial charge in [0.25, 0.3) is 0 Å². The van der Waals surface area contributed by atoms with Crippen molar-refractivity contribution in [3.63, 3.8) is 0 Å². The Morgan fingerprint density at radius 2 is 2.20 bits per heavy atom. The van der Waals surface area contributed by atoms with E-state index in [9.17, 15) is 8.76 Å². The van der Waals surface area contributed by atoms with Crippen LogP contribution in [-0.2, 0) is 11.1 Å². The van der Waals surface area contributed by atoms with Gasteiger partial charge in [-0.3, -0.25) is 4.21 Å². The maximum Gasteiger partial charge on any atom is 0.0442 e. The number of alkyl halides is 1. The Bertz CT molecular complexity index is 103. The van der Waals surface area contributed by atoms with Crippen molar-refractivity contribution in [2.75, 3.05) is 11.9 Å². The molecular weight excluding hydrogens is 220 g/mol. The molecule has 0 amide bonds. The summed E-state index contributed by atoms with van der Waals surface area (Å²) in [6, 6.07) is 0. The summed E-state index contributed by atoms with van der Waals surface area (Å²) in [7, 11) is 0. The standard InChI is InChI=1S/C5H11BrO3S/c6-3-1-5(2-4-7)10(8)9/h5,7H,1-4H2,(H,8,9)/p-1. The van der Waals surface area contributed by atoms with E-state index in [2.05, 4.69) is 15.9 Å². The van der Waals surface area contributed by atoms with Crippen LogP contribution >= 0.6 is 15.9 Å². The topological polar surface area (TPSA) is 60.4 Å². The number of aliphatic hydroxyl groups excluding tert-OH is 1. The molecule has 0 aliphatic heterocycles. The molecule has 0 aromatic rings. The first kappa shape index (κ1) is 10.6. The Hall–Kier alpha value is 0.550. The number of hydrogen-bond donors (Lipinski definition) is 1. The van der Waals surface area contributed by atoms with Crippen molar-refractivity contribution >= 4 is 27.0 Å². The smallest absolute Gasteiger partial charge is 0.0442 e. The van der Waals surface area contributed by atoms with Crippen molar-refractivity contribution in [2.45, 2.75) is 18.1 Å². The van der Waals surface area contributed by atoms with Crippen LogP contribution in [0.25, 0.3) is 0 Å². The van der Waals surface area contributed by atoms with Gasteiger partial charge in [-0.05, 0) is 12.8 Å². The molecule has 0 radical (unpaired) electrons. The maximum atomic E-state index is 10.3. The first-order valence-electron chi connectivity index (χ1n) is 2.97. The van der Waals surface area contributed by atoms with Gasteiger partial charge in [0.15, 0.2) is 0 Å². The zero-order valence-electron chi connectivity index (χ0n) is 5.46. The summed E-state index contributed by atoms with van der Waals surface area (Å²) in [5, 5.41) is 8.68. The third kappa shape index (κ3) is 4.38. The van der Waals surface area contributed by atoms with Crippen molar-refractivity contribution in [2.24, 2.45) is 0 Å². The highest BCUT2D eigenvalue weighted by Crippen LogP contribution is 2.06. The van der Waals surface area contributed by atoms with Crippen LogP contribution in [0, 0.1) is 0 Å². The molecule has 10 heavy (non-hydrogen) atoms. The summed E-state index contributed by atoms with van der Waals surface area (Å²) in [5.74, 6) is 0. The lowest BCUT2D eigenvalue weighted by Crippen LogP contribution is -2.16. The van der Waals surface area contributed by atoms with Gasteiger partial charge < -0.3 is 9.66 Å². The molecule has 0 heterocycles. The minimum Gasteiger partial charge on any atom is -0.772 e. The molecule has 0 spiro atoms. The second-order valence-corrected chi connectivity index (χ2v) is 3.85. The predicted molar refractivity (Wildman–Crippen MR) is 42.8 cm³/mol. The Morgan fingerprint density at radius 3 is 2.50 bits per heavy atom. The molecule has 62 valence electrons. The Balaban J connectivity index is 3.61. The van der Waals surface area contributed by atoms with Crippen LogP contribution in [0.1, 0.15) is 12.8 Å². The fourth-order valence-electron chi connectivity index (χ4n) is 0.602. The summed E-state index contributed by atoms with van der Waals surface area (Å²) in [6.45, 7) is -0.0638. The van der Waals surface area contributed by atoms with Crippen LogP contribution in [0.3, 0.4) is 0 Å². The lowest BCUT2D eigenvalue weighted by Gasteiger charge is -2.16. The number of hydrogen-bond acceptors (Lipinski definition) is 3. The Labute approximate surface area is 71.2 Å². The number of aliphatic hydroxyl groups is 1. The molecular formula is C5H10BrO3S-. The molecule has 5 heteroatoms. The van der Waals surface area contributed by atoms with Crippen LogP contribution in [0.4, 0.5) is 0 Å². The number of rotatable bonds is 5. The summed E-state index contributed by atoms with van der Waals surface area (Å²) >= 11 is 1.09. The van der Waals surface area contributed by atoms with Crippen molar-refractivity contribution in [3.8, 4) is 0 Å². The minimum atomic E-state index is -2.04. The van der Waals surface area contributed by atoms with Crippen LogP contribution in [0.15, 0.2) is 0 Å². The van der Waals surface area contributed by atoms with Gasteiger partial charge in [-0.25, -0.2) is 0 Å².